The van der Waals surface area contributed by atoms with Gasteiger partial charge < -0.3 is 5.11 Å². The summed E-state index contributed by atoms with van der Waals surface area (Å²) < 4.78 is 0. The lowest BCUT2D eigenvalue weighted by atomic mass is 9.74. The van der Waals surface area contributed by atoms with Gasteiger partial charge in [0.1, 0.15) is 0 Å². The first-order valence-electron chi connectivity index (χ1n) is 6.13. The molecule has 2 rings (SSSR count). The van der Waals surface area contributed by atoms with E-state index >= 15 is 0 Å². The zero-order valence-corrected chi connectivity index (χ0v) is 9.95. The number of fused-ring (bicyclic) bond motifs is 1. The van der Waals surface area contributed by atoms with Crippen LogP contribution in [0, 0.1) is 17.8 Å². The van der Waals surface area contributed by atoms with Gasteiger partial charge in [0.25, 0.3) is 0 Å². The summed E-state index contributed by atoms with van der Waals surface area (Å²) >= 11 is 0. The Bertz CT molecular complexity index is 253. The molecule has 0 aromatic heterocycles. The molecule has 1 saturated carbocycles. The molecule has 1 aliphatic heterocycles. The van der Waals surface area contributed by atoms with Crippen LogP contribution in [-0.4, -0.2) is 35.2 Å². The second-order valence-electron chi connectivity index (χ2n) is 5.52. The highest BCUT2D eigenvalue weighted by molar-refractivity contribution is 5.04. The molecule has 1 aliphatic carbocycles. The van der Waals surface area contributed by atoms with Gasteiger partial charge in [0.2, 0.25) is 0 Å². The standard InChI is InChI=1S/C13H23NO/c1-4-7-14-8-11(3)13(15)6-5-10(2)12(13)9-14/h4,10-12,15H,1,5-9H2,2-3H3/t10-,11-,12+,13-/m0/s1. The third kappa shape index (κ3) is 1.74. The van der Waals surface area contributed by atoms with Crippen molar-refractivity contribution in [1.82, 2.24) is 4.90 Å². The van der Waals surface area contributed by atoms with Crippen molar-refractivity contribution in [3.05, 3.63) is 12.7 Å². The minimum atomic E-state index is -0.378. The lowest BCUT2D eigenvalue weighted by Gasteiger charge is -2.46. The van der Waals surface area contributed by atoms with Crippen LogP contribution >= 0.6 is 0 Å². The van der Waals surface area contributed by atoms with Gasteiger partial charge in [0, 0.05) is 25.6 Å². The Morgan fingerprint density at radius 3 is 2.87 bits per heavy atom. The third-order valence-electron chi connectivity index (χ3n) is 4.56. The van der Waals surface area contributed by atoms with Crippen molar-refractivity contribution in [2.75, 3.05) is 19.6 Å². The smallest absolute Gasteiger partial charge is 0.0728 e. The van der Waals surface area contributed by atoms with Gasteiger partial charge in [-0.15, -0.1) is 6.58 Å². The van der Waals surface area contributed by atoms with Crippen LogP contribution < -0.4 is 0 Å². The fourth-order valence-corrected chi connectivity index (χ4v) is 3.52. The highest BCUT2D eigenvalue weighted by Gasteiger charge is 2.51. The van der Waals surface area contributed by atoms with Crippen LogP contribution in [-0.2, 0) is 0 Å². The molecule has 1 heterocycles. The maximum Gasteiger partial charge on any atom is 0.0728 e. The molecule has 2 nitrogen and oxygen atoms in total. The monoisotopic (exact) mass is 209 g/mol. The second kappa shape index (κ2) is 3.91. The van der Waals surface area contributed by atoms with Crippen LogP contribution in [0.15, 0.2) is 12.7 Å². The number of aliphatic hydroxyl groups is 1. The summed E-state index contributed by atoms with van der Waals surface area (Å²) in [5.74, 6) is 1.55. The first kappa shape index (κ1) is 11.2. The van der Waals surface area contributed by atoms with Crippen LogP contribution in [0.25, 0.3) is 0 Å². The molecule has 1 N–H and O–H groups in total. The summed E-state index contributed by atoms with van der Waals surface area (Å²) in [4.78, 5) is 2.43. The number of likely N-dealkylation sites (tertiary alicyclic amines) is 1. The van der Waals surface area contributed by atoms with E-state index in [1.807, 2.05) is 6.08 Å². The zero-order valence-electron chi connectivity index (χ0n) is 9.95. The Balaban J connectivity index is 2.13. The van der Waals surface area contributed by atoms with Crippen molar-refractivity contribution in [1.29, 1.82) is 0 Å². The van der Waals surface area contributed by atoms with E-state index in [9.17, 15) is 5.11 Å². The molecular weight excluding hydrogens is 186 g/mol. The lowest BCUT2D eigenvalue weighted by molar-refractivity contribution is -0.0989. The molecule has 4 atom stereocenters. The second-order valence-corrected chi connectivity index (χ2v) is 5.52. The van der Waals surface area contributed by atoms with Gasteiger partial charge in [-0.1, -0.05) is 19.9 Å². The Morgan fingerprint density at radius 2 is 2.20 bits per heavy atom. The molecule has 1 saturated heterocycles. The number of nitrogens with zero attached hydrogens (tertiary/aromatic N) is 1. The zero-order chi connectivity index (χ0) is 11.1. The van der Waals surface area contributed by atoms with Gasteiger partial charge >= 0.3 is 0 Å². The molecule has 0 radical (unpaired) electrons. The number of rotatable bonds is 2. The maximum absolute atomic E-state index is 10.7. The topological polar surface area (TPSA) is 23.5 Å². The minimum absolute atomic E-state index is 0.378. The molecule has 2 fully saturated rings. The van der Waals surface area contributed by atoms with E-state index in [2.05, 4.69) is 25.3 Å². The predicted octanol–water partition coefficient (Wildman–Crippen LogP) is 1.90. The SMILES string of the molecule is C=CCN1C[C@@H]2[C@@H](C)CC[C@]2(O)[C@@H](C)C1. The Kier molecular flexibility index (Phi) is 2.91. The predicted molar refractivity (Wildman–Crippen MR) is 62.6 cm³/mol. The van der Waals surface area contributed by atoms with Gasteiger partial charge in [0.15, 0.2) is 0 Å². The van der Waals surface area contributed by atoms with Crippen LogP contribution in [0.3, 0.4) is 0 Å². The maximum atomic E-state index is 10.7. The molecule has 15 heavy (non-hydrogen) atoms. The highest BCUT2D eigenvalue weighted by Crippen LogP contribution is 2.47. The van der Waals surface area contributed by atoms with Gasteiger partial charge in [-0.3, -0.25) is 4.90 Å². The molecule has 0 aromatic carbocycles. The third-order valence-corrected chi connectivity index (χ3v) is 4.56. The molecule has 86 valence electrons. The van der Waals surface area contributed by atoms with Gasteiger partial charge in [-0.25, -0.2) is 0 Å². The molecule has 0 bridgehead atoms. The molecule has 0 spiro atoms. The minimum Gasteiger partial charge on any atom is -0.389 e. The van der Waals surface area contributed by atoms with E-state index in [1.54, 1.807) is 0 Å². The van der Waals surface area contributed by atoms with Gasteiger partial charge in [-0.2, -0.15) is 0 Å². The Morgan fingerprint density at radius 1 is 1.47 bits per heavy atom. The van der Waals surface area contributed by atoms with E-state index in [1.165, 1.54) is 6.42 Å². The van der Waals surface area contributed by atoms with E-state index in [0.717, 1.165) is 26.1 Å². The molecule has 0 aromatic rings. The van der Waals surface area contributed by atoms with Crippen molar-refractivity contribution in [2.24, 2.45) is 17.8 Å². The summed E-state index contributed by atoms with van der Waals surface area (Å²) in [6.07, 6.45) is 4.16. The van der Waals surface area contributed by atoms with E-state index in [0.29, 0.717) is 17.8 Å². The van der Waals surface area contributed by atoms with Gasteiger partial charge in [0.05, 0.1) is 5.60 Å². The van der Waals surface area contributed by atoms with Crippen molar-refractivity contribution < 1.29 is 5.11 Å². The fourth-order valence-electron chi connectivity index (χ4n) is 3.52. The highest BCUT2D eigenvalue weighted by atomic mass is 16.3. The number of hydrogen-bond acceptors (Lipinski definition) is 2. The van der Waals surface area contributed by atoms with E-state index < -0.39 is 0 Å². The van der Waals surface area contributed by atoms with Crippen molar-refractivity contribution in [3.63, 3.8) is 0 Å². The van der Waals surface area contributed by atoms with Crippen LogP contribution in [0.4, 0.5) is 0 Å². The quantitative estimate of drug-likeness (QED) is 0.702. The summed E-state index contributed by atoms with van der Waals surface area (Å²) in [6.45, 7) is 11.3. The molecule has 2 heteroatoms. The average Bonchev–Trinajstić information content (AvgIpc) is 2.47. The molecule has 0 amide bonds. The number of hydrogen-bond donors (Lipinski definition) is 1. The average molecular weight is 209 g/mol. The fraction of sp³-hybridized carbons (Fsp3) is 0.846. The lowest BCUT2D eigenvalue weighted by Crippen LogP contribution is -2.55. The Hall–Kier alpha value is -0.340. The summed E-state index contributed by atoms with van der Waals surface area (Å²) in [5.41, 5.74) is -0.378. The van der Waals surface area contributed by atoms with E-state index in [-0.39, 0.29) is 5.60 Å². The molecule has 0 unspecified atom stereocenters. The first-order chi connectivity index (χ1) is 7.08. The van der Waals surface area contributed by atoms with E-state index in [4.69, 9.17) is 0 Å². The Labute approximate surface area is 93.0 Å². The van der Waals surface area contributed by atoms with Crippen molar-refractivity contribution in [2.45, 2.75) is 32.3 Å². The summed E-state index contributed by atoms with van der Waals surface area (Å²) in [7, 11) is 0. The largest absolute Gasteiger partial charge is 0.389 e. The molecular formula is C13H23NO. The molecule has 2 aliphatic rings. The van der Waals surface area contributed by atoms with Gasteiger partial charge in [-0.05, 0) is 24.7 Å². The summed E-state index contributed by atoms with van der Waals surface area (Å²) in [5, 5.41) is 10.7. The van der Waals surface area contributed by atoms with Crippen molar-refractivity contribution in [3.8, 4) is 0 Å². The van der Waals surface area contributed by atoms with Crippen LogP contribution in [0.2, 0.25) is 0 Å². The number of piperidine rings is 1. The van der Waals surface area contributed by atoms with Crippen molar-refractivity contribution >= 4 is 0 Å². The first-order valence-corrected chi connectivity index (χ1v) is 6.13. The van der Waals surface area contributed by atoms with Crippen LogP contribution in [0.5, 0.6) is 0 Å². The summed E-state index contributed by atoms with van der Waals surface area (Å²) in [6, 6.07) is 0. The normalized spacial score (nSPS) is 46.5. The van der Waals surface area contributed by atoms with Crippen LogP contribution in [0.1, 0.15) is 26.7 Å².